The lowest BCUT2D eigenvalue weighted by Gasteiger charge is -2.12. The minimum Gasteiger partial charge on any atom is -0.306 e. The number of carbonyl (C=O) groups excluding carboxylic acids is 1. The third kappa shape index (κ3) is 3.54. The van der Waals surface area contributed by atoms with Crippen LogP contribution in [0.2, 0.25) is 5.02 Å². The number of hydrogen-bond donors (Lipinski definition) is 2. The summed E-state index contributed by atoms with van der Waals surface area (Å²) in [5.74, 6) is 0.736. The molecule has 1 saturated carbocycles. The lowest BCUT2D eigenvalue weighted by atomic mass is 10.1. The standard InChI is InChI=1S/C17H13BrClN9O/c18-13-8-27-16(26-13)14(9-1-2-9)12(7-23-27)25-17(29)24-10-5-11(19)15(20-6-10)28-21-3-4-22-28/h3-9H,1-2H2,(H2,24,25,29). The van der Waals surface area contributed by atoms with Gasteiger partial charge in [0.05, 0.1) is 47.4 Å². The Bertz CT molecular complexity index is 1220. The Morgan fingerprint density at radius 1 is 1.17 bits per heavy atom. The lowest BCUT2D eigenvalue weighted by molar-refractivity contribution is 0.262. The van der Waals surface area contributed by atoms with E-state index in [1.54, 1.807) is 23.0 Å². The largest absolute Gasteiger partial charge is 0.323 e. The second-order valence-electron chi connectivity index (χ2n) is 6.51. The van der Waals surface area contributed by atoms with Gasteiger partial charge in [0.15, 0.2) is 11.5 Å². The minimum atomic E-state index is -0.425. The van der Waals surface area contributed by atoms with Gasteiger partial charge in [-0.2, -0.15) is 15.3 Å². The van der Waals surface area contributed by atoms with Gasteiger partial charge < -0.3 is 10.6 Å². The van der Waals surface area contributed by atoms with Crippen molar-refractivity contribution < 1.29 is 4.79 Å². The Morgan fingerprint density at radius 3 is 2.69 bits per heavy atom. The summed E-state index contributed by atoms with van der Waals surface area (Å²) in [6, 6.07) is 1.16. The molecule has 4 aromatic heterocycles. The van der Waals surface area contributed by atoms with Crippen LogP contribution in [0.4, 0.5) is 16.2 Å². The Kier molecular flexibility index (Phi) is 4.40. The van der Waals surface area contributed by atoms with Crippen molar-refractivity contribution in [2.75, 3.05) is 10.6 Å². The van der Waals surface area contributed by atoms with Crippen molar-refractivity contribution in [1.82, 2.24) is 34.6 Å². The molecule has 0 spiro atoms. The molecule has 0 atom stereocenters. The van der Waals surface area contributed by atoms with E-state index in [0.29, 0.717) is 32.7 Å². The van der Waals surface area contributed by atoms with Gasteiger partial charge >= 0.3 is 6.03 Å². The van der Waals surface area contributed by atoms with Crippen molar-refractivity contribution in [2.24, 2.45) is 0 Å². The first kappa shape index (κ1) is 18.0. The molecular formula is C17H13BrClN9O. The molecule has 0 bridgehead atoms. The smallest absolute Gasteiger partial charge is 0.306 e. The van der Waals surface area contributed by atoms with Gasteiger partial charge in [0.1, 0.15) is 4.60 Å². The fourth-order valence-corrected chi connectivity index (χ4v) is 3.66. The highest BCUT2D eigenvalue weighted by atomic mass is 79.9. The normalized spacial score (nSPS) is 13.6. The molecule has 12 heteroatoms. The number of nitrogens with zero attached hydrogens (tertiary/aromatic N) is 7. The van der Waals surface area contributed by atoms with Crippen LogP contribution < -0.4 is 10.6 Å². The van der Waals surface area contributed by atoms with E-state index in [2.05, 4.69) is 51.8 Å². The number of carbonyl (C=O) groups is 1. The SMILES string of the molecule is O=C(Nc1cnc(-n2nccn2)c(Cl)c1)Nc1cnn2cc(Br)nc2c1C1CC1. The molecule has 29 heavy (non-hydrogen) atoms. The van der Waals surface area contributed by atoms with Crippen LogP contribution in [0.3, 0.4) is 0 Å². The maximum Gasteiger partial charge on any atom is 0.323 e. The van der Waals surface area contributed by atoms with E-state index in [-0.39, 0.29) is 0 Å². The molecule has 5 rings (SSSR count). The van der Waals surface area contributed by atoms with E-state index in [9.17, 15) is 4.79 Å². The predicted molar refractivity (Wildman–Crippen MR) is 109 cm³/mol. The first-order valence-corrected chi connectivity index (χ1v) is 9.89. The number of nitrogens with one attached hydrogen (secondary N) is 2. The van der Waals surface area contributed by atoms with Crippen LogP contribution in [0.1, 0.15) is 24.3 Å². The number of hydrogen-bond acceptors (Lipinski definition) is 6. The van der Waals surface area contributed by atoms with Gasteiger partial charge in [-0.1, -0.05) is 11.6 Å². The van der Waals surface area contributed by atoms with Gasteiger partial charge in [-0.15, -0.1) is 4.80 Å². The zero-order valence-corrected chi connectivity index (χ0v) is 17.1. The van der Waals surface area contributed by atoms with Crippen molar-refractivity contribution in [3.8, 4) is 5.82 Å². The average molecular weight is 475 g/mol. The average Bonchev–Trinajstić information content (AvgIpc) is 3.21. The molecule has 2 N–H and O–H groups in total. The molecule has 1 fully saturated rings. The van der Waals surface area contributed by atoms with Crippen LogP contribution in [-0.4, -0.2) is 40.6 Å². The third-order valence-electron chi connectivity index (χ3n) is 4.42. The van der Waals surface area contributed by atoms with Crippen molar-refractivity contribution in [2.45, 2.75) is 18.8 Å². The van der Waals surface area contributed by atoms with Crippen LogP contribution in [0, 0.1) is 0 Å². The summed E-state index contributed by atoms with van der Waals surface area (Å²) in [6.07, 6.45) is 10.1. The number of pyridine rings is 1. The van der Waals surface area contributed by atoms with E-state index in [1.807, 2.05) is 0 Å². The molecule has 1 aliphatic carbocycles. The van der Waals surface area contributed by atoms with Crippen LogP contribution in [0.5, 0.6) is 0 Å². The van der Waals surface area contributed by atoms with Crippen molar-refractivity contribution in [3.63, 3.8) is 0 Å². The minimum absolute atomic E-state index is 0.308. The maximum absolute atomic E-state index is 12.6. The fraction of sp³-hybridized carbons (Fsp3) is 0.176. The summed E-state index contributed by atoms with van der Waals surface area (Å²) in [4.78, 5) is 22.5. The number of urea groups is 1. The molecule has 0 aromatic carbocycles. The topological polar surface area (TPSA) is 115 Å². The first-order valence-electron chi connectivity index (χ1n) is 8.72. The molecule has 146 valence electrons. The molecule has 0 unspecified atom stereocenters. The first-order chi connectivity index (χ1) is 14.1. The monoisotopic (exact) mass is 473 g/mol. The van der Waals surface area contributed by atoms with E-state index in [0.717, 1.165) is 24.1 Å². The Balaban J connectivity index is 1.37. The number of amides is 2. The molecule has 0 saturated heterocycles. The summed E-state index contributed by atoms with van der Waals surface area (Å²) < 4.78 is 2.40. The number of fused-ring (bicyclic) bond motifs is 1. The van der Waals surface area contributed by atoms with E-state index >= 15 is 0 Å². The maximum atomic E-state index is 12.6. The number of imidazole rings is 1. The van der Waals surface area contributed by atoms with Gasteiger partial charge in [-0.3, -0.25) is 0 Å². The molecule has 0 aliphatic heterocycles. The third-order valence-corrected chi connectivity index (χ3v) is 5.08. The highest BCUT2D eigenvalue weighted by molar-refractivity contribution is 9.10. The quantitative estimate of drug-likeness (QED) is 0.467. The van der Waals surface area contributed by atoms with Gasteiger partial charge in [0.2, 0.25) is 0 Å². The number of anilines is 2. The van der Waals surface area contributed by atoms with Crippen LogP contribution >= 0.6 is 27.5 Å². The van der Waals surface area contributed by atoms with Crippen molar-refractivity contribution >= 4 is 50.6 Å². The summed E-state index contributed by atoms with van der Waals surface area (Å²) >= 11 is 9.62. The molecule has 4 heterocycles. The van der Waals surface area contributed by atoms with E-state index in [4.69, 9.17) is 11.6 Å². The van der Waals surface area contributed by atoms with Gasteiger partial charge in [0.25, 0.3) is 0 Å². The van der Waals surface area contributed by atoms with Crippen molar-refractivity contribution in [1.29, 1.82) is 0 Å². The van der Waals surface area contributed by atoms with E-state index < -0.39 is 6.03 Å². The number of rotatable bonds is 4. The Hall–Kier alpha value is -3.05. The van der Waals surface area contributed by atoms with Crippen LogP contribution in [0.25, 0.3) is 11.5 Å². The molecule has 2 amide bonds. The summed E-state index contributed by atoms with van der Waals surface area (Å²) in [5, 5.41) is 18.2. The van der Waals surface area contributed by atoms with Crippen LogP contribution in [0.15, 0.2) is 41.7 Å². The zero-order valence-electron chi connectivity index (χ0n) is 14.8. The fourth-order valence-electron chi connectivity index (χ4n) is 3.05. The van der Waals surface area contributed by atoms with E-state index in [1.165, 1.54) is 23.4 Å². The highest BCUT2D eigenvalue weighted by Crippen LogP contribution is 2.45. The molecule has 4 aromatic rings. The molecular weight excluding hydrogens is 462 g/mol. The molecule has 1 aliphatic rings. The highest BCUT2D eigenvalue weighted by Gasteiger charge is 2.30. The van der Waals surface area contributed by atoms with Crippen molar-refractivity contribution in [3.05, 3.63) is 52.2 Å². The Labute approximate surface area is 177 Å². The predicted octanol–water partition coefficient (Wildman–Crippen LogP) is 3.64. The lowest BCUT2D eigenvalue weighted by Crippen LogP contribution is -2.21. The second-order valence-corrected chi connectivity index (χ2v) is 7.72. The van der Waals surface area contributed by atoms with Crippen LogP contribution in [-0.2, 0) is 0 Å². The summed E-state index contributed by atoms with van der Waals surface area (Å²) in [6.45, 7) is 0. The number of aromatic nitrogens is 7. The van der Waals surface area contributed by atoms with Gasteiger partial charge in [-0.05, 0) is 40.8 Å². The molecule has 0 radical (unpaired) electrons. The zero-order chi connectivity index (χ0) is 20.0. The van der Waals surface area contributed by atoms with Gasteiger partial charge in [-0.25, -0.2) is 19.3 Å². The molecule has 10 nitrogen and oxygen atoms in total. The summed E-state index contributed by atoms with van der Waals surface area (Å²) in [5.41, 5.74) is 2.79. The summed E-state index contributed by atoms with van der Waals surface area (Å²) in [7, 11) is 0. The second kappa shape index (κ2) is 7.08. The number of halogens is 2. The van der Waals surface area contributed by atoms with Gasteiger partial charge in [0, 0.05) is 5.56 Å². The Morgan fingerprint density at radius 2 is 1.97 bits per heavy atom.